The van der Waals surface area contributed by atoms with Crippen molar-refractivity contribution in [3.63, 3.8) is 0 Å². The topological polar surface area (TPSA) is 101 Å². The van der Waals surface area contributed by atoms with Crippen LogP contribution in [0.4, 0.5) is 11.5 Å². The highest BCUT2D eigenvalue weighted by molar-refractivity contribution is 5.86. The minimum Gasteiger partial charge on any atom is -0.477 e. The van der Waals surface area contributed by atoms with E-state index in [1.165, 1.54) is 12.1 Å². The first-order valence-corrected chi connectivity index (χ1v) is 5.80. The molecule has 6 nitrogen and oxygen atoms in total. The number of carboxylic acids is 1. The van der Waals surface area contributed by atoms with Crippen LogP contribution in [0.3, 0.4) is 0 Å². The highest BCUT2D eigenvalue weighted by atomic mass is 16.4. The summed E-state index contributed by atoms with van der Waals surface area (Å²) in [4.78, 5) is 19.0. The van der Waals surface area contributed by atoms with Crippen molar-refractivity contribution in [2.45, 2.75) is 6.42 Å². The summed E-state index contributed by atoms with van der Waals surface area (Å²) in [5, 5.41) is 11.9. The van der Waals surface area contributed by atoms with Crippen LogP contribution < -0.4 is 11.1 Å². The Bertz CT molecular complexity index is 572. The molecule has 0 atom stereocenters. The Morgan fingerprint density at radius 1 is 1.32 bits per heavy atom. The highest BCUT2D eigenvalue weighted by Gasteiger charge is 2.08. The lowest BCUT2D eigenvalue weighted by Gasteiger charge is -2.08. The molecular weight excluding hydrogens is 244 g/mol. The number of nitrogens with two attached hydrogens (primary N) is 1. The summed E-state index contributed by atoms with van der Waals surface area (Å²) in [6.07, 6.45) is 2.44. The maximum Gasteiger partial charge on any atom is 0.354 e. The minimum atomic E-state index is -1.08. The van der Waals surface area contributed by atoms with Crippen LogP contribution in [0.2, 0.25) is 0 Å². The number of rotatable bonds is 5. The molecule has 0 saturated carbocycles. The van der Waals surface area contributed by atoms with E-state index >= 15 is 0 Å². The van der Waals surface area contributed by atoms with Gasteiger partial charge in [-0.1, -0.05) is 6.07 Å². The van der Waals surface area contributed by atoms with Crippen molar-refractivity contribution in [2.75, 3.05) is 17.6 Å². The van der Waals surface area contributed by atoms with Crippen LogP contribution >= 0.6 is 0 Å². The zero-order valence-corrected chi connectivity index (χ0v) is 10.2. The Morgan fingerprint density at radius 2 is 2.16 bits per heavy atom. The minimum absolute atomic E-state index is 0.0328. The van der Waals surface area contributed by atoms with Gasteiger partial charge in [0.2, 0.25) is 0 Å². The number of hydrogen-bond donors (Lipinski definition) is 3. The number of hydrogen-bond acceptors (Lipinski definition) is 5. The number of carboxylic acid groups (broad SMARTS) is 1. The first kappa shape index (κ1) is 12.8. The highest BCUT2D eigenvalue weighted by Crippen LogP contribution is 2.15. The van der Waals surface area contributed by atoms with Crippen molar-refractivity contribution in [1.29, 1.82) is 0 Å². The van der Waals surface area contributed by atoms with Crippen LogP contribution in [0.1, 0.15) is 16.2 Å². The Kier molecular flexibility index (Phi) is 3.92. The molecule has 0 aliphatic rings. The van der Waals surface area contributed by atoms with E-state index in [1.54, 1.807) is 6.20 Å². The van der Waals surface area contributed by atoms with Crippen molar-refractivity contribution < 1.29 is 9.90 Å². The fourth-order valence-electron chi connectivity index (χ4n) is 1.59. The number of nitrogens with one attached hydrogen (secondary N) is 1. The number of nitrogen functional groups attached to an aromatic ring is 1. The standard InChI is InChI=1S/C13H14N4O2/c14-10-4-5-11(13(18)19)17-12(10)16-8-6-9-3-1-2-7-15-9/h1-5,7H,6,8,14H2,(H,16,17)(H,18,19). The molecule has 0 bridgehead atoms. The molecular formula is C13H14N4O2. The van der Waals surface area contributed by atoms with Gasteiger partial charge in [-0.3, -0.25) is 4.98 Å². The predicted octanol–water partition coefficient (Wildman–Crippen LogP) is 1.41. The van der Waals surface area contributed by atoms with Gasteiger partial charge in [-0.25, -0.2) is 9.78 Å². The number of anilines is 2. The van der Waals surface area contributed by atoms with Gasteiger partial charge in [-0.05, 0) is 24.3 Å². The first-order valence-electron chi connectivity index (χ1n) is 5.80. The van der Waals surface area contributed by atoms with Crippen LogP contribution in [0.25, 0.3) is 0 Å². The van der Waals surface area contributed by atoms with E-state index < -0.39 is 5.97 Å². The molecule has 0 spiro atoms. The van der Waals surface area contributed by atoms with Crippen LogP contribution in [-0.2, 0) is 6.42 Å². The summed E-state index contributed by atoms with van der Waals surface area (Å²) < 4.78 is 0. The van der Waals surface area contributed by atoms with Crippen LogP contribution in [0, 0.1) is 0 Å². The van der Waals surface area contributed by atoms with Gasteiger partial charge >= 0.3 is 5.97 Å². The molecule has 0 aliphatic carbocycles. The van der Waals surface area contributed by atoms with E-state index in [1.807, 2.05) is 18.2 Å². The Hall–Kier alpha value is -2.63. The molecule has 0 aliphatic heterocycles. The normalized spacial score (nSPS) is 10.1. The lowest BCUT2D eigenvalue weighted by Crippen LogP contribution is -2.11. The number of aromatic carboxylic acids is 1. The van der Waals surface area contributed by atoms with Crippen molar-refractivity contribution in [2.24, 2.45) is 0 Å². The van der Waals surface area contributed by atoms with E-state index in [0.29, 0.717) is 24.5 Å². The fraction of sp³-hybridized carbons (Fsp3) is 0.154. The summed E-state index contributed by atoms with van der Waals surface area (Å²) in [7, 11) is 0. The number of pyridine rings is 2. The maximum absolute atomic E-state index is 10.8. The SMILES string of the molecule is Nc1ccc(C(=O)O)nc1NCCc1ccccn1. The number of aromatic nitrogens is 2. The Labute approximate surface area is 110 Å². The Morgan fingerprint density at radius 3 is 2.84 bits per heavy atom. The summed E-state index contributed by atoms with van der Waals surface area (Å²) in [6.45, 7) is 0.581. The van der Waals surface area contributed by atoms with Gasteiger partial charge < -0.3 is 16.2 Å². The van der Waals surface area contributed by atoms with Gasteiger partial charge in [0.1, 0.15) is 5.82 Å². The second-order valence-electron chi connectivity index (χ2n) is 3.94. The molecule has 4 N–H and O–H groups in total. The molecule has 98 valence electrons. The molecule has 0 amide bonds. The van der Waals surface area contributed by atoms with Gasteiger partial charge in [0, 0.05) is 24.9 Å². The lowest BCUT2D eigenvalue weighted by atomic mass is 10.2. The van der Waals surface area contributed by atoms with Crippen LogP contribution in [0.5, 0.6) is 0 Å². The average Bonchev–Trinajstić information content (AvgIpc) is 2.42. The molecule has 2 aromatic rings. The summed E-state index contributed by atoms with van der Waals surface area (Å²) in [6, 6.07) is 8.60. The summed E-state index contributed by atoms with van der Waals surface area (Å²) in [5.41, 5.74) is 7.07. The van der Waals surface area contributed by atoms with Crippen LogP contribution in [0.15, 0.2) is 36.5 Å². The second kappa shape index (κ2) is 5.81. The molecule has 0 aromatic carbocycles. The molecule has 6 heteroatoms. The van der Waals surface area contributed by atoms with E-state index in [9.17, 15) is 4.79 Å². The second-order valence-corrected chi connectivity index (χ2v) is 3.94. The fourth-order valence-corrected chi connectivity index (χ4v) is 1.59. The Balaban J connectivity index is 1.99. The van der Waals surface area contributed by atoms with Crippen LogP contribution in [-0.4, -0.2) is 27.6 Å². The van der Waals surface area contributed by atoms with Gasteiger partial charge in [-0.2, -0.15) is 0 Å². The molecule has 2 aromatic heterocycles. The number of nitrogens with zero attached hydrogens (tertiary/aromatic N) is 2. The summed E-state index contributed by atoms with van der Waals surface area (Å²) >= 11 is 0. The zero-order valence-electron chi connectivity index (χ0n) is 10.2. The third-order valence-electron chi connectivity index (χ3n) is 2.55. The third kappa shape index (κ3) is 3.41. The predicted molar refractivity (Wildman–Crippen MR) is 72.0 cm³/mol. The first-order chi connectivity index (χ1) is 9.16. The largest absolute Gasteiger partial charge is 0.477 e. The molecule has 0 fully saturated rings. The molecule has 2 heterocycles. The van der Waals surface area contributed by atoms with Gasteiger partial charge in [0.05, 0.1) is 5.69 Å². The smallest absolute Gasteiger partial charge is 0.354 e. The third-order valence-corrected chi connectivity index (χ3v) is 2.55. The molecule has 0 unspecified atom stereocenters. The molecule has 2 rings (SSSR count). The number of carbonyl (C=O) groups is 1. The van der Waals surface area contributed by atoms with Gasteiger partial charge in [0.15, 0.2) is 5.69 Å². The maximum atomic E-state index is 10.8. The van der Waals surface area contributed by atoms with E-state index in [0.717, 1.165) is 5.69 Å². The lowest BCUT2D eigenvalue weighted by molar-refractivity contribution is 0.0690. The van der Waals surface area contributed by atoms with Crippen molar-refractivity contribution in [3.05, 3.63) is 47.9 Å². The van der Waals surface area contributed by atoms with Crippen molar-refractivity contribution in [1.82, 2.24) is 9.97 Å². The molecule has 0 radical (unpaired) electrons. The molecule has 0 saturated heterocycles. The van der Waals surface area contributed by atoms with E-state index in [4.69, 9.17) is 10.8 Å². The monoisotopic (exact) mass is 258 g/mol. The van der Waals surface area contributed by atoms with E-state index in [-0.39, 0.29) is 5.69 Å². The van der Waals surface area contributed by atoms with E-state index in [2.05, 4.69) is 15.3 Å². The zero-order chi connectivity index (χ0) is 13.7. The quantitative estimate of drug-likeness (QED) is 0.749. The van der Waals surface area contributed by atoms with Crippen molar-refractivity contribution >= 4 is 17.5 Å². The molecule has 19 heavy (non-hydrogen) atoms. The average molecular weight is 258 g/mol. The van der Waals surface area contributed by atoms with Crippen molar-refractivity contribution in [3.8, 4) is 0 Å². The van der Waals surface area contributed by atoms with Gasteiger partial charge in [-0.15, -0.1) is 0 Å². The summed E-state index contributed by atoms with van der Waals surface area (Å²) in [5.74, 6) is -0.691. The van der Waals surface area contributed by atoms with Gasteiger partial charge in [0.25, 0.3) is 0 Å².